The molecular formula is C5H7F3N4. The number of aromatic nitrogens is 3. The largest absolute Gasteiger partial charge is 0.408 e. The first-order valence-corrected chi connectivity index (χ1v) is 3.12. The molecule has 7 heteroatoms. The summed E-state index contributed by atoms with van der Waals surface area (Å²) < 4.78 is 36.1. The minimum Gasteiger partial charge on any atom is -0.366 e. The van der Waals surface area contributed by atoms with Gasteiger partial charge in [-0.15, -0.1) is 5.10 Å². The van der Waals surface area contributed by atoms with Gasteiger partial charge in [0.1, 0.15) is 12.4 Å². The number of hydrogen-bond donors (Lipinski definition) is 1. The van der Waals surface area contributed by atoms with Gasteiger partial charge < -0.3 is 5.73 Å². The zero-order chi connectivity index (χ0) is 9.35. The molecule has 0 radical (unpaired) electrons. The fourth-order valence-corrected chi connectivity index (χ4v) is 0.761. The van der Waals surface area contributed by atoms with Crippen molar-refractivity contribution in [1.82, 2.24) is 14.8 Å². The third kappa shape index (κ3) is 2.11. The second-order valence-electron chi connectivity index (χ2n) is 2.29. The second-order valence-corrected chi connectivity index (χ2v) is 2.29. The van der Waals surface area contributed by atoms with Gasteiger partial charge in [-0.2, -0.15) is 18.2 Å². The van der Waals surface area contributed by atoms with Crippen molar-refractivity contribution in [2.45, 2.75) is 19.6 Å². The summed E-state index contributed by atoms with van der Waals surface area (Å²) in [4.78, 5) is 3.52. The number of nitrogens with two attached hydrogens (primary N) is 1. The summed E-state index contributed by atoms with van der Waals surface area (Å²) in [5.74, 6) is 0.0153. The number of nitrogen functional groups attached to an aromatic ring is 1. The molecule has 12 heavy (non-hydrogen) atoms. The first-order valence-electron chi connectivity index (χ1n) is 3.12. The van der Waals surface area contributed by atoms with Crippen molar-refractivity contribution in [3.8, 4) is 0 Å². The smallest absolute Gasteiger partial charge is 0.366 e. The molecule has 0 aromatic carbocycles. The van der Waals surface area contributed by atoms with Crippen LogP contribution in [-0.4, -0.2) is 20.9 Å². The zero-order valence-electron chi connectivity index (χ0n) is 6.26. The van der Waals surface area contributed by atoms with Crippen molar-refractivity contribution in [1.29, 1.82) is 0 Å². The molecule has 0 aliphatic rings. The van der Waals surface area contributed by atoms with Crippen molar-refractivity contribution in [3.05, 3.63) is 5.82 Å². The van der Waals surface area contributed by atoms with Gasteiger partial charge in [-0.25, -0.2) is 4.68 Å². The van der Waals surface area contributed by atoms with Crippen molar-refractivity contribution in [3.63, 3.8) is 0 Å². The molecule has 1 aromatic heterocycles. The molecule has 68 valence electrons. The van der Waals surface area contributed by atoms with E-state index in [2.05, 4.69) is 10.1 Å². The second kappa shape index (κ2) is 2.65. The monoisotopic (exact) mass is 180 g/mol. The van der Waals surface area contributed by atoms with E-state index in [-0.39, 0.29) is 11.8 Å². The van der Waals surface area contributed by atoms with Crippen LogP contribution >= 0.6 is 0 Å². The summed E-state index contributed by atoms with van der Waals surface area (Å²) >= 11 is 0. The molecule has 0 saturated heterocycles. The van der Waals surface area contributed by atoms with E-state index in [4.69, 9.17) is 5.73 Å². The van der Waals surface area contributed by atoms with E-state index >= 15 is 0 Å². The molecule has 1 aromatic rings. The van der Waals surface area contributed by atoms with Crippen molar-refractivity contribution >= 4 is 5.95 Å². The summed E-state index contributed by atoms with van der Waals surface area (Å²) in [6, 6.07) is 0. The molecule has 1 heterocycles. The lowest BCUT2D eigenvalue weighted by Crippen LogP contribution is -2.19. The Morgan fingerprint density at radius 2 is 2.08 bits per heavy atom. The number of hydrogen-bond acceptors (Lipinski definition) is 3. The topological polar surface area (TPSA) is 56.7 Å². The number of nitrogens with zero attached hydrogens (tertiary/aromatic N) is 3. The number of alkyl halides is 3. The van der Waals surface area contributed by atoms with Gasteiger partial charge in [0.25, 0.3) is 0 Å². The molecule has 4 nitrogen and oxygen atoms in total. The van der Waals surface area contributed by atoms with Crippen LogP contribution in [0.15, 0.2) is 0 Å². The van der Waals surface area contributed by atoms with E-state index in [9.17, 15) is 13.2 Å². The molecule has 0 aliphatic carbocycles. The Labute approximate surface area is 66.2 Å². The summed E-state index contributed by atoms with van der Waals surface area (Å²) in [5, 5.41) is 3.36. The zero-order valence-corrected chi connectivity index (χ0v) is 6.26. The van der Waals surface area contributed by atoms with E-state index in [1.807, 2.05) is 0 Å². The van der Waals surface area contributed by atoms with Crippen LogP contribution in [0.4, 0.5) is 19.1 Å². The summed E-state index contributed by atoms with van der Waals surface area (Å²) in [6.07, 6.45) is -4.29. The molecule has 0 saturated carbocycles. The first kappa shape index (κ1) is 8.82. The molecule has 1 rings (SSSR count). The Morgan fingerprint density at radius 3 is 2.42 bits per heavy atom. The molecule has 2 N–H and O–H groups in total. The number of aryl methyl sites for hydroxylation is 1. The molecule has 0 aliphatic heterocycles. The maximum absolute atomic E-state index is 11.8. The maximum atomic E-state index is 11.8. The molecule has 0 bridgehead atoms. The highest BCUT2D eigenvalue weighted by Gasteiger charge is 2.29. The molecular weight excluding hydrogens is 173 g/mol. The third-order valence-corrected chi connectivity index (χ3v) is 1.20. The molecule has 0 amide bonds. The van der Waals surface area contributed by atoms with E-state index in [1.165, 1.54) is 6.92 Å². The van der Waals surface area contributed by atoms with Gasteiger partial charge in [-0.05, 0) is 6.92 Å². The lowest BCUT2D eigenvalue weighted by atomic mass is 10.6. The van der Waals surface area contributed by atoms with Crippen molar-refractivity contribution < 1.29 is 13.2 Å². The van der Waals surface area contributed by atoms with Crippen molar-refractivity contribution in [2.24, 2.45) is 0 Å². The number of rotatable bonds is 1. The normalized spacial score (nSPS) is 12.0. The van der Waals surface area contributed by atoms with Gasteiger partial charge in [-0.1, -0.05) is 0 Å². The average molecular weight is 180 g/mol. The molecule has 0 spiro atoms. The van der Waals surface area contributed by atoms with Crippen LogP contribution in [0, 0.1) is 6.92 Å². The Kier molecular flexibility index (Phi) is 1.95. The quantitative estimate of drug-likeness (QED) is 0.693. The lowest BCUT2D eigenvalue weighted by molar-refractivity contribution is -0.142. The van der Waals surface area contributed by atoms with Gasteiger partial charge in [0.15, 0.2) is 0 Å². The van der Waals surface area contributed by atoms with Gasteiger partial charge >= 0.3 is 6.18 Å². The fraction of sp³-hybridized carbons (Fsp3) is 0.600. The van der Waals surface area contributed by atoms with Gasteiger partial charge in [0.2, 0.25) is 5.95 Å². The van der Waals surface area contributed by atoms with Crippen LogP contribution in [0.3, 0.4) is 0 Å². The highest BCUT2D eigenvalue weighted by atomic mass is 19.4. The first-order chi connectivity index (χ1) is 5.38. The van der Waals surface area contributed by atoms with E-state index in [1.54, 1.807) is 0 Å². The Balaban J connectivity index is 2.82. The minimum absolute atomic E-state index is 0.142. The number of halogens is 3. The van der Waals surface area contributed by atoms with Crippen LogP contribution in [0.1, 0.15) is 5.82 Å². The average Bonchev–Trinajstić information content (AvgIpc) is 2.06. The molecule has 0 unspecified atom stereocenters. The SMILES string of the molecule is Cc1nc(N)nn1CC(F)(F)F. The number of anilines is 1. The third-order valence-electron chi connectivity index (χ3n) is 1.20. The summed E-state index contributed by atoms with van der Waals surface area (Å²) in [6.45, 7) is 0.262. The van der Waals surface area contributed by atoms with E-state index in [0.717, 1.165) is 4.68 Å². The lowest BCUT2D eigenvalue weighted by Gasteiger charge is -2.05. The Bertz CT molecular complexity index is 277. The fourth-order valence-electron chi connectivity index (χ4n) is 0.761. The van der Waals surface area contributed by atoms with Gasteiger partial charge in [-0.3, -0.25) is 0 Å². The predicted octanol–water partition coefficient (Wildman–Crippen LogP) is 0.731. The van der Waals surface area contributed by atoms with Crippen LogP contribution in [0.25, 0.3) is 0 Å². The van der Waals surface area contributed by atoms with Gasteiger partial charge in [0, 0.05) is 0 Å². The summed E-state index contributed by atoms with van der Waals surface area (Å²) in [5.41, 5.74) is 5.09. The van der Waals surface area contributed by atoms with Crippen LogP contribution in [0.5, 0.6) is 0 Å². The van der Waals surface area contributed by atoms with E-state index in [0.29, 0.717) is 0 Å². The van der Waals surface area contributed by atoms with Crippen LogP contribution < -0.4 is 5.73 Å². The molecule has 0 fully saturated rings. The standard InChI is InChI=1S/C5H7F3N4/c1-3-10-4(9)11-12(3)2-5(6,7)8/h2H2,1H3,(H2,9,11). The predicted molar refractivity (Wildman–Crippen MR) is 35.2 cm³/mol. The Hall–Kier alpha value is -1.27. The van der Waals surface area contributed by atoms with Crippen molar-refractivity contribution in [2.75, 3.05) is 5.73 Å². The molecule has 0 atom stereocenters. The highest BCUT2D eigenvalue weighted by molar-refractivity contribution is 5.13. The van der Waals surface area contributed by atoms with E-state index < -0.39 is 12.7 Å². The maximum Gasteiger partial charge on any atom is 0.408 e. The highest BCUT2D eigenvalue weighted by Crippen LogP contribution is 2.17. The Morgan fingerprint density at radius 1 is 1.50 bits per heavy atom. The van der Waals surface area contributed by atoms with Gasteiger partial charge in [0.05, 0.1) is 0 Å². The summed E-state index contributed by atoms with van der Waals surface area (Å²) in [7, 11) is 0. The minimum atomic E-state index is -4.29. The van der Waals surface area contributed by atoms with Crippen LogP contribution in [0.2, 0.25) is 0 Å². The van der Waals surface area contributed by atoms with Crippen LogP contribution in [-0.2, 0) is 6.54 Å².